The lowest BCUT2D eigenvalue weighted by atomic mass is 9.85. The molecule has 3 heteroatoms. The summed E-state index contributed by atoms with van der Waals surface area (Å²) in [6.07, 6.45) is 1.06. The Morgan fingerprint density at radius 3 is 2.62 bits per heavy atom. The zero-order chi connectivity index (χ0) is 14.8. The van der Waals surface area contributed by atoms with E-state index in [0.29, 0.717) is 0 Å². The van der Waals surface area contributed by atoms with Gasteiger partial charge in [0.2, 0.25) is 0 Å². The fraction of sp³-hybridized carbons (Fsp3) is 0.333. The molecule has 2 nitrogen and oxygen atoms in total. The van der Waals surface area contributed by atoms with E-state index in [2.05, 4.69) is 76.3 Å². The summed E-state index contributed by atoms with van der Waals surface area (Å²) < 4.78 is 1.09. The van der Waals surface area contributed by atoms with Gasteiger partial charge in [0.05, 0.1) is 6.04 Å². The van der Waals surface area contributed by atoms with Crippen LogP contribution in [-0.4, -0.2) is 18.3 Å². The first kappa shape index (κ1) is 14.6. The lowest BCUT2D eigenvalue weighted by Gasteiger charge is -2.42. The fourth-order valence-electron chi connectivity index (χ4n) is 3.23. The molecular weight excluding hydrogens is 326 g/mol. The molecule has 2 aromatic rings. The topological polar surface area (TPSA) is 23.5 Å². The molecule has 0 bridgehead atoms. The van der Waals surface area contributed by atoms with Crippen molar-refractivity contribution in [2.45, 2.75) is 19.4 Å². The van der Waals surface area contributed by atoms with Gasteiger partial charge in [0, 0.05) is 29.2 Å². The third-order valence-corrected chi connectivity index (χ3v) is 4.85. The second kappa shape index (κ2) is 6.20. The Morgan fingerprint density at radius 2 is 1.90 bits per heavy atom. The Kier molecular flexibility index (Phi) is 4.32. The average molecular weight is 346 g/mol. The van der Waals surface area contributed by atoms with Crippen molar-refractivity contribution in [3.63, 3.8) is 0 Å². The van der Waals surface area contributed by atoms with Crippen LogP contribution in [0.15, 0.2) is 53.0 Å². The van der Waals surface area contributed by atoms with E-state index >= 15 is 0 Å². The fourth-order valence-corrected chi connectivity index (χ4v) is 3.50. The van der Waals surface area contributed by atoms with Gasteiger partial charge in [-0.05, 0) is 41.8 Å². The summed E-state index contributed by atoms with van der Waals surface area (Å²) in [5.41, 5.74) is 3.99. The van der Waals surface area contributed by atoms with Crippen LogP contribution in [0.25, 0.3) is 0 Å². The Balaban J connectivity index is 2.02. The van der Waals surface area contributed by atoms with Crippen LogP contribution in [0.3, 0.4) is 0 Å². The standard InChI is InChI=1S/C18H20BrNO/c1-13(12-21)18-17-5-3-2-4-14(17)10-11-20(18)16-8-6-15(19)7-9-16/h2-9,13,18,21H,10-12H2,1H3/t13-,18+/m0/s1. The third kappa shape index (κ3) is 2.85. The molecule has 2 aromatic carbocycles. The molecule has 3 rings (SSSR count). The number of anilines is 1. The van der Waals surface area contributed by atoms with E-state index in [1.54, 1.807) is 0 Å². The predicted molar refractivity (Wildman–Crippen MR) is 90.6 cm³/mol. The number of aliphatic hydroxyl groups is 1. The number of fused-ring (bicyclic) bond motifs is 1. The lowest BCUT2D eigenvalue weighted by molar-refractivity contribution is 0.210. The minimum absolute atomic E-state index is 0.200. The van der Waals surface area contributed by atoms with Crippen LogP contribution in [0.2, 0.25) is 0 Å². The van der Waals surface area contributed by atoms with Gasteiger partial charge in [0.15, 0.2) is 0 Å². The molecule has 0 aromatic heterocycles. The maximum absolute atomic E-state index is 9.69. The van der Waals surface area contributed by atoms with Gasteiger partial charge in [0.25, 0.3) is 0 Å². The van der Waals surface area contributed by atoms with E-state index < -0.39 is 0 Å². The Labute approximate surface area is 134 Å². The van der Waals surface area contributed by atoms with E-state index in [1.807, 2.05) is 0 Å². The molecule has 21 heavy (non-hydrogen) atoms. The molecule has 0 spiro atoms. The molecule has 0 aliphatic carbocycles. The summed E-state index contributed by atoms with van der Waals surface area (Å²) >= 11 is 3.49. The highest BCUT2D eigenvalue weighted by Gasteiger charge is 2.31. The second-order valence-corrected chi connectivity index (χ2v) is 6.64. The highest BCUT2D eigenvalue weighted by Crippen LogP contribution is 2.38. The third-order valence-electron chi connectivity index (χ3n) is 4.32. The van der Waals surface area contributed by atoms with Crippen molar-refractivity contribution in [2.75, 3.05) is 18.1 Å². The van der Waals surface area contributed by atoms with Gasteiger partial charge in [-0.3, -0.25) is 0 Å². The maximum atomic E-state index is 9.69. The summed E-state index contributed by atoms with van der Waals surface area (Å²) in [4.78, 5) is 2.43. The molecule has 0 unspecified atom stereocenters. The SMILES string of the molecule is C[C@@H](CO)[C@@H]1c2ccccc2CCN1c1ccc(Br)cc1. The maximum Gasteiger partial charge on any atom is 0.0592 e. The predicted octanol–water partition coefficient (Wildman–Crippen LogP) is 4.18. The van der Waals surface area contributed by atoms with E-state index in [1.165, 1.54) is 16.8 Å². The van der Waals surface area contributed by atoms with Crippen molar-refractivity contribution in [1.82, 2.24) is 0 Å². The Hall–Kier alpha value is -1.32. The minimum Gasteiger partial charge on any atom is -0.396 e. The molecular formula is C18H20BrNO. The van der Waals surface area contributed by atoms with E-state index in [9.17, 15) is 5.11 Å². The Morgan fingerprint density at radius 1 is 1.19 bits per heavy atom. The highest BCUT2D eigenvalue weighted by molar-refractivity contribution is 9.10. The second-order valence-electron chi connectivity index (χ2n) is 5.72. The zero-order valence-corrected chi connectivity index (χ0v) is 13.8. The number of aliphatic hydroxyl groups excluding tert-OH is 1. The zero-order valence-electron chi connectivity index (χ0n) is 12.2. The van der Waals surface area contributed by atoms with Gasteiger partial charge in [0.1, 0.15) is 0 Å². The van der Waals surface area contributed by atoms with Gasteiger partial charge >= 0.3 is 0 Å². The monoisotopic (exact) mass is 345 g/mol. The molecule has 0 amide bonds. The molecule has 110 valence electrons. The highest BCUT2D eigenvalue weighted by atomic mass is 79.9. The molecule has 0 saturated heterocycles. The van der Waals surface area contributed by atoms with Crippen LogP contribution in [0.5, 0.6) is 0 Å². The first-order chi connectivity index (χ1) is 10.2. The average Bonchev–Trinajstić information content (AvgIpc) is 2.54. The summed E-state index contributed by atoms with van der Waals surface area (Å²) in [6, 6.07) is 17.3. The number of hydrogen-bond acceptors (Lipinski definition) is 2. The number of benzene rings is 2. The molecule has 0 radical (unpaired) electrons. The number of halogens is 1. The lowest BCUT2D eigenvalue weighted by Crippen LogP contribution is -2.39. The summed E-state index contributed by atoms with van der Waals surface area (Å²) in [5, 5.41) is 9.69. The van der Waals surface area contributed by atoms with Crippen molar-refractivity contribution in [3.05, 3.63) is 64.1 Å². The number of nitrogens with zero attached hydrogens (tertiary/aromatic N) is 1. The molecule has 0 saturated carbocycles. The van der Waals surface area contributed by atoms with Gasteiger partial charge < -0.3 is 10.0 Å². The molecule has 1 aliphatic rings. The largest absolute Gasteiger partial charge is 0.396 e. The molecule has 1 heterocycles. The minimum atomic E-state index is 0.200. The van der Waals surface area contributed by atoms with Crippen LogP contribution < -0.4 is 4.90 Å². The van der Waals surface area contributed by atoms with Crippen LogP contribution >= 0.6 is 15.9 Å². The Bertz CT molecular complexity index is 611. The van der Waals surface area contributed by atoms with Crippen molar-refractivity contribution in [3.8, 4) is 0 Å². The van der Waals surface area contributed by atoms with E-state index in [4.69, 9.17) is 0 Å². The smallest absolute Gasteiger partial charge is 0.0592 e. The summed E-state index contributed by atoms with van der Waals surface area (Å²) in [7, 11) is 0. The van der Waals surface area contributed by atoms with Crippen LogP contribution in [0.4, 0.5) is 5.69 Å². The van der Waals surface area contributed by atoms with E-state index in [0.717, 1.165) is 17.4 Å². The van der Waals surface area contributed by atoms with E-state index in [-0.39, 0.29) is 18.6 Å². The number of rotatable bonds is 3. The molecule has 0 fully saturated rings. The van der Waals surface area contributed by atoms with Crippen molar-refractivity contribution in [1.29, 1.82) is 0 Å². The van der Waals surface area contributed by atoms with Crippen LogP contribution in [0.1, 0.15) is 24.1 Å². The van der Waals surface area contributed by atoms with Crippen molar-refractivity contribution < 1.29 is 5.11 Å². The first-order valence-corrected chi connectivity index (χ1v) is 8.21. The molecule has 1 aliphatic heterocycles. The summed E-state index contributed by atoms with van der Waals surface area (Å²) in [6.45, 7) is 3.32. The first-order valence-electron chi connectivity index (χ1n) is 7.41. The summed E-state index contributed by atoms with van der Waals surface area (Å²) in [5.74, 6) is 0.204. The quantitative estimate of drug-likeness (QED) is 0.901. The van der Waals surface area contributed by atoms with Crippen molar-refractivity contribution in [2.24, 2.45) is 5.92 Å². The molecule has 1 N–H and O–H groups in total. The van der Waals surface area contributed by atoms with Crippen molar-refractivity contribution >= 4 is 21.6 Å². The van der Waals surface area contributed by atoms with Gasteiger partial charge in [-0.1, -0.05) is 47.1 Å². The van der Waals surface area contributed by atoms with Gasteiger partial charge in [-0.2, -0.15) is 0 Å². The van der Waals surface area contributed by atoms with Gasteiger partial charge in [-0.15, -0.1) is 0 Å². The molecule has 2 atom stereocenters. The van der Waals surface area contributed by atoms with Crippen LogP contribution in [-0.2, 0) is 6.42 Å². The number of hydrogen-bond donors (Lipinski definition) is 1. The van der Waals surface area contributed by atoms with Gasteiger partial charge in [-0.25, -0.2) is 0 Å². The van der Waals surface area contributed by atoms with Crippen LogP contribution in [0, 0.1) is 5.92 Å². The normalized spacial score (nSPS) is 19.2.